The number of fused-ring (bicyclic) bond motifs is 1. The Kier molecular flexibility index (Phi) is 5.42. The van der Waals surface area contributed by atoms with E-state index in [1.165, 1.54) is 0 Å². The van der Waals surface area contributed by atoms with E-state index in [9.17, 15) is 4.39 Å². The van der Waals surface area contributed by atoms with Crippen LogP contribution < -0.4 is 0 Å². The lowest BCUT2D eigenvalue weighted by atomic mass is 9.93. The summed E-state index contributed by atoms with van der Waals surface area (Å²) in [6.45, 7) is 4.36. The molecule has 158 valence electrons. The third-order valence-corrected chi connectivity index (χ3v) is 6.29. The van der Waals surface area contributed by atoms with Crippen molar-refractivity contribution in [1.82, 2.24) is 24.5 Å². The van der Waals surface area contributed by atoms with E-state index in [0.29, 0.717) is 28.8 Å². The van der Waals surface area contributed by atoms with Gasteiger partial charge < -0.3 is 0 Å². The molecule has 0 N–H and O–H groups in total. The second-order valence-electron chi connectivity index (χ2n) is 8.15. The predicted octanol–water partition coefficient (Wildman–Crippen LogP) is 5.27. The van der Waals surface area contributed by atoms with E-state index in [2.05, 4.69) is 26.0 Å². The van der Waals surface area contributed by atoms with Crippen molar-refractivity contribution in [3.05, 3.63) is 82.6 Å². The number of likely N-dealkylation sites (tertiary alicyclic amines) is 1. The van der Waals surface area contributed by atoms with E-state index >= 15 is 0 Å². The molecular weight excluding hydrogens is 413 g/mol. The fourth-order valence-corrected chi connectivity index (χ4v) is 4.71. The molecule has 31 heavy (non-hydrogen) atoms. The SMILES string of the molecule is Cc1cc(C2CCCN(Cc3ccc(-c4ccccc4Cl)cc3F)C2)n2ncnc2n1. The number of aromatic nitrogens is 4. The number of rotatable bonds is 4. The number of piperidine rings is 1. The Morgan fingerprint density at radius 1 is 1.16 bits per heavy atom. The Hall–Kier alpha value is -2.83. The molecule has 2 aromatic heterocycles. The van der Waals surface area contributed by atoms with Gasteiger partial charge in [0.05, 0.1) is 5.69 Å². The zero-order chi connectivity index (χ0) is 21.4. The molecule has 0 saturated carbocycles. The molecule has 2 aromatic carbocycles. The zero-order valence-corrected chi connectivity index (χ0v) is 18.1. The van der Waals surface area contributed by atoms with Crippen LogP contribution in [0.5, 0.6) is 0 Å². The van der Waals surface area contributed by atoms with Crippen LogP contribution in [0.15, 0.2) is 54.9 Å². The fourth-order valence-electron chi connectivity index (χ4n) is 4.47. The Bertz CT molecular complexity index is 1240. The second kappa shape index (κ2) is 8.36. The maximum atomic E-state index is 15.0. The average molecular weight is 436 g/mol. The van der Waals surface area contributed by atoms with E-state index in [4.69, 9.17) is 11.6 Å². The van der Waals surface area contributed by atoms with Crippen LogP contribution in [-0.2, 0) is 6.54 Å². The highest BCUT2D eigenvalue weighted by atomic mass is 35.5. The van der Waals surface area contributed by atoms with Crippen molar-refractivity contribution in [3.63, 3.8) is 0 Å². The molecule has 5 nitrogen and oxygen atoms in total. The van der Waals surface area contributed by atoms with Crippen LogP contribution in [0.2, 0.25) is 5.02 Å². The van der Waals surface area contributed by atoms with Crippen molar-refractivity contribution in [1.29, 1.82) is 0 Å². The van der Waals surface area contributed by atoms with Gasteiger partial charge in [0.25, 0.3) is 5.78 Å². The van der Waals surface area contributed by atoms with Gasteiger partial charge in [0, 0.05) is 40.9 Å². The molecule has 1 aliphatic rings. The summed E-state index contributed by atoms with van der Waals surface area (Å²) in [5, 5.41) is 4.98. The van der Waals surface area contributed by atoms with Crippen molar-refractivity contribution < 1.29 is 4.39 Å². The summed E-state index contributed by atoms with van der Waals surface area (Å²) < 4.78 is 16.8. The molecule has 1 fully saturated rings. The topological polar surface area (TPSA) is 46.3 Å². The quantitative estimate of drug-likeness (QED) is 0.438. The summed E-state index contributed by atoms with van der Waals surface area (Å²) in [7, 11) is 0. The fraction of sp³-hybridized carbons (Fsp3) is 0.292. The van der Waals surface area contributed by atoms with Gasteiger partial charge in [-0.05, 0) is 50.1 Å². The summed E-state index contributed by atoms with van der Waals surface area (Å²) in [4.78, 5) is 11.0. The van der Waals surface area contributed by atoms with Crippen LogP contribution in [-0.4, -0.2) is 37.6 Å². The number of hydrogen-bond donors (Lipinski definition) is 0. The molecule has 7 heteroatoms. The molecule has 1 atom stereocenters. The van der Waals surface area contributed by atoms with Gasteiger partial charge in [-0.25, -0.2) is 13.9 Å². The first kappa shape index (κ1) is 20.1. The Balaban J connectivity index is 1.36. The van der Waals surface area contributed by atoms with Crippen molar-refractivity contribution in [2.75, 3.05) is 13.1 Å². The Morgan fingerprint density at radius 2 is 2.03 bits per heavy atom. The minimum absolute atomic E-state index is 0.196. The van der Waals surface area contributed by atoms with E-state index in [1.807, 2.05) is 47.8 Å². The average Bonchev–Trinajstić information content (AvgIpc) is 3.23. The molecule has 1 saturated heterocycles. The van der Waals surface area contributed by atoms with Crippen LogP contribution in [0.4, 0.5) is 4.39 Å². The monoisotopic (exact) mass is 435 g/mol. The number of benzene rings is 2. The number of hydrogen-bond acceptors (Lipinski definition) is 4. The highest BCUT2D eigenvalue weighted by molar-refractivity contribution is 6.33. The highest BCUT2D eigenvalue weighted by Crippen LogP contribution is 2.31. The maximum Gasteiger partial charge on any atom is 0.252 e. The van der Waals surface area contributed by atoms with Gasteiger partial charge in [-0.3, -0.25) is 4.90 Å². The molecule has 5 rings (SSSR count). The standard InChI is InChI=1S/C24H23ClFN5/c1-16-11-23(31-24(29-16)27-15-28-31)19-5-4-10-30(14-19)13-18-9-8-17(12-22(18)26)20-6-2-3-7-21(20)25/h2-3,6-9,11-12,15,19H,4-5,10,13-14H2,1H3. The molecule has 0 spiro atoms. The summed E-state index contributed by atoms with van der Waals surface area (Å²) in [6.07, 6.45) is 3.67. The number of halogens is 2. The van der Waals surface area contributed by atoms with Crippen LogP contribution in [0.3, 0.4) is 0 Å². The lowest BCUT2D eigenvalue weighted by molar-refractivity contribution is 0.195. The van der Waals surface area contributed by atoms with Crippen LogP contribution >= 0.6 is 11.6 Å². The first-order valence-corrected chi connectivity index (χ1v) is 10.9. The molecular formula is C24H23ClFN5. The van der Waals surface area contributed by atoms with Crippen molar-refractivity contribution in [2.24, 2.45) is 0 Å². The Labute approximate surface area is 185 Å². The van der Waals surface area contributed by atoms with Crippen LogP contribution in [0.25, 0.3) is 16.9 Å². The first-order chi connectivity index (χ1) is 15.1. The van der Waals surface area contributed by atoms with E-state index in [1.54, 1.807) is 12.4 Å². The summed E-state index contributed by atoms with van der Waals surface area (Å²) in [5.41, 5.74) is 4.41. The molecule has 1 aliphatic heterocycles. The highest BCUT2D eigenvalue weighted by Gasteiger charge is 2.25. The summed E-state index contributed by atoms with van der Waals surface area (Å²) >= 11 is 6.28. The Morgan fingerprint density at radius 3 is 2.87 bits per heavy atom. The number of nitrogens with zero attached hydrogens (tertiary/aromatic N) is 5. The van der Waals surface area contributed by atoms with Crippen molar-refractivity contribution >= 4 is 17.4 Å². The van der Waals surface area contributed by atoms with Gasteiger partial charge >= 0.3 is 0 Å². The molecule has 0 bridgehead atoms. The predicted molar refractivity (Wildman–Crippen MR) is 120 cm³/mol. The van der Waals surface area contributed by atoms with E-state index in [0.717, 1.165) is 48.4 Å². The minimum Gasteiger partial charge on any atom is -0.298 e. The third-order valence-electron chi connectivity index (χ3n) is 5.96. The lowest BCUT2D eigenvalue weighted by Gasteiger charge is -2.33. The molecule has 1 unspecified atom stereocenters. The van der Waals surface area contributed by atoms with Crippen molar-refractivity contribution in [2.45, 2.75) is 32.2 Å². The van der Waals surface area contributed by atoms with Gasteiger partial charge in [0.2, 0.25) is 0 Å². The zero-order valence-electron chi connectivity index (χ0n) is 17.3. The summed E-state index contributed by atoms with van der Waals surface area (Å²) in [5.74, 6) is 0.747. The van der Waals surface area contributed by atoms with Gasteiger partial charge in [0.15, 0.2) is 0 Å². The lowest BCUT2D eigenvalue weighted by Crippen LogP contribution is -2.35. The molecule has 4 aromatic rings. The van der Waals surface area contributed by atoms with Gasteiger partial charge in [-0.2, -0.15) is 10.1 Å². The normalized spacial score (nSPS) is 17.3. The maximum absolute atomic E-state index is 15.0. The molecule has 0 aliphatic carbocycles. The van der Waals surface area contributed by atoms with Gasteiger partial charge in [-0.1, -0.05) is 41.9 Å². The largest absolute Gasteiger partial charge is 0.298 e. The molecule has 3 heterocycles. The second-order valence-corrected chi connectivity index (χ2v) is 8.56. The van der Waals surface area contributed by atoms with Crippen LogP contribution in [0.1, 0.15) is 35.7 Å². The number of aryl methyl sites for hydroxylation is 1. The first-order valence-electron chi connectivity index (χ1n) is 10.5. The van der Waals surface area contributed by atoms with Crippen molar-refractivity contribution in [3.8, 4) is 11.1 Å². The van der Waals surface area contributed by atoms with Crippen LogP contribution in [0, 0.1) is 12.7 Å². The van der Waals surface area contributed by atoms with Gasteiger partial charge in [0.1, 0.15) is 12.1 Å². The molecule has 0 radical (unpaired) electrons. The van der Waals surface area contributed by atoms with E-state index < -0.39 is 0 Å². The molecule has 0 amide bonds. The van der Waals surface area contributed by atoms with E-state index in [-0.39, 0.29) is 5.82 Å². The summed E-state index contributed by atoms with van der Waals surface area (Å²) in [6, 6.07) is 15.0. The third kappa shape index (κ3) is 4.05. The smallest absolute Gasteiger partial charge is 0.252 e. The minimum atomic E-state index is -0.196. The van der Waals surface area contributed by atoms with Gasteiger partial charge in [-0.15, -0.1) is 0 Å².